The fourth-order valence-corrected chi connectivity index (χ4v) is 1.70. The summed E-state index contributed by atoms with van der Waals surface area (Å²) in [7, 11) is 0. The molecule has 2 amide bonds. The number of aromatic nitrogens is 2. The minimum Gasteiger partial charge on any atom is -0.481 e. The number of nitrogens with zero attached hydrogens (tertiary/aromatic N) is 3. The van der Waals surface area contributed by atoms with Gasteiger partial charge in [0.2, 0.25) is 5.89 Å². The topological polar surface area (TPSA) is 109 Å². The lowest BCUT2D eigenvalue weighted by Crippen LogP contribution is -2.46. The van der Waals surface area contributed by atoms with E-state index in [1.165, 1.54) is 11.2 Å². The van der Waals surface area contributed by atoms with Crippen molar-refractivity contribution >= 4 is 12.0 Å². The van der Waals surface area contributed by atoms with Crippen LogP contribution in [0.2, 0.25) is 0 Å². The van der Waals surface area contributed by atoms with Crippen molar-refractivity contribution in [3.8, 4) is 0 Å². The van der Waals surface area contributed by atoms with E-state index in [0.29, 0.717) is 25.4 Å². The lowest BCUT2D eigenvalue weighted by molar-refractivity contribution is -0.138. The van der Waals surface area contributed by atoms with Crippen molar-refractivity contribution < 1.29 is 19.2 Å². The molecule has 0 aliphatic rings. The molecule has 0 aliphatic heterocycles. The van der Waals surface area contributed by atoms with Crippen molar-refractivity contribution in [2.24, 2.45) is 0 Å². The lowest BCUT2D eigenvalue weighted by atomic mass is 10.2. The molecule has 0 aliphatic carbocycles. The number of amides is 2. The number of carbonyl (C=O) groups excluding carboxylic acids is 1. The molecule has 1 unspecified atom stereocenters. The monoisotopic (exact) mass is 270 g/mol. The van der Waals surface area contributed by atoms with Crippen LogP contribution in [0.25, 0.3) is 0 Å². The molecule has 0 saturated heterocycles. The molecule has 8 heteroatoms. The highest BCUT2D eigenvalue weighted by molar-refractivity contribution is 5.75. The summed E-state index contributed by atoms with van der Waals surface area (Å²) >= 11 is 0. The van der Waals surface area contributed by atoms with Crippen molar-refractivity contribution in [3.63, 3.8) is 0 Å². The Labute approximate surface area is 110 Å². The summed E-state index contributed by atoms with van der Waals surface area (Å²) in [5, 5.41) is 14.9. The summed E-state index contributed by atoms with van der Waals surface area (Å²) in [6.07, 6.45) is 1.66. The fourth-order valence-electron chi connectivity index (χ4n) is 1.70. The zero-order chi connectivity index (χ0) is 14.3. The van der Waals surface area contributed by atoms with Crippen molar-refractivity contribution in [2.45, 2.75) is 32.7 Å². The molecule has 1 atom stereocenters. The molecule has 0 fully saturated rings. The first-order chi connectivity index (χ1) is 9.04. The number of carboxylic acid groups (broad SMARTS) is 1. The molecule has 1 aromatic heterocycles. The van der Waals surface area contributed by atoms with Crippen LogP contribution in [0.15, 0.2) is 10.9 Å². The van der Waals surface area contributed by atoms with Crippen molar-refractivity contribution in [1.29, 1.82) is 0 Å². The summed E-state index contributed by atoms with van der Waals surface area (Å²) in [5.74, 6) is -0.480. The first-order valence-electron chi connectivity index (χ1n) is 6.06. The van der Waals surface area contributed by atoms with Crippen LogP contribution in [-0.4, -0.2) is 51.3 Å². The third-order valence-corrected chi connectivity index (χ3v) is 2.63. The molecule has 1 rings (SSSR count). The van der Waals surface area contributed by atoms with E-state index in [0.717, 1.165) is 0 Å². The molecule has 0 bridgehead atoms. The number of carboxylic acids is 1. The second kappa shape index (κ2) is 7.34. The van der Waals surface area contributed by atoms with Crippen LogP contribution in [0, 0.1) is 0 Å². The van der Waals surface area contributed by atoms with Crippen LogP contribution >= 0.6 is 0 Å². The van der Waals surface area contributed by atoms with Gasteiger partial charge < -0.3 is 19.8 Å². The molecule has 0 saturated carbocycles. The predicted octanol–water partition coefficient (Wildman–Crippen LogP) is 0.507. The lowest BCUT2D eigenvalue weighted by Gasteiger charge is -2.27. The number of urea groups is 1. The average molecular weight is 270 g/mol. The highest BCUT2D eigenvalue weighted by Crippen LogP contribution is 2.04. The van der Waals surface area contributed by atoms with Crippen molar-refractivity contribution in [2.75, 3.05) is 13.1 Å². The summed E-state index contributed by atoms with van der Waals surface area (Å²) in [5.41, 5.74) is 0. The zero-order valence-electron chi connectivity index (χ0n) is 11.0. The molecule has 106 valence electrons. The maximum Gasteiger partial charge on any atom is 0.317 e. The number of aliphatic carboxylic acids is 1. The Morgan fingerprint density at radius 2 is 2.32 bits per heavy atom. The molecular formula is C11H18N4O4. The Balaban J connectivity index is 2.38. The van der Waals surface area contributed by atoms with Crippen molar-refractivity contribution in [1.82, 2.24) is 20.4 Å². The zero-order valence-corrected chi connectivity index (χ0v) is 11.0. The average Bonchev–Trinajstić information content (AvgIpc) is 2.82. The molecule has 1 aromatic rings. The van der Waals surface area contributed by atoms with E-state index in [9.17, 15) is 9.59 Å². The summed E-state index contributed by atoms with van der Waals surface area (Å²) in [6.45, 7) is 4.31. The van der Waals surface area contributed by atoms with Gasteiger partial charge in [-0.15, -0.1) is 0 Å². The number of hydrogen-bond acceptors (Lipinski definition) is 5. The minimum absolute atomic E-state index is 0.0785. The van der Waals surface area contributed by atoms with Gasteiger partial charge in [-0.25, -0.2) is 4.79 Å². The molecule has 19 heavy (non-hydrogen) atoms. The van der Waals surface area contributed by atoms with E-state index in [1.54, 1.807) is 13.8 Å². The molecule has 0 aromatic carbocycles. The number of nitrogens with one attached hydrogen (secondary N) is 1. The standard InChI is InChI=1S/C11H18N4O4/c1-3-15(8(2)6-10(16)17)11(18)12-5-4-9-13-7-14-19-9/h7-8H,3-6H2,1-2H3,(H,12,18)(H,16,17). The van der Waals surface area contributed by atoms with Gasteiger partial charge in [0.15, 0.2) is 6.33 Å². The molecule has 0 spiro atoms. The van der Waals surface area contributed by atoms with E-state index in [1.807, 2.05) is 0 Å². The largest absolute Gasteiger partial charge is 0.481 e. The van der Waals surface area contributed by atoms with E-state index in [2.05, 4.69) is 15.5 Å². The number of carbonyl (C=O) groups is 2. The van der Waals surface area contributed by atoms with E-state index in [4.69, 9.17) is 9.63 Å². The molecule has 1 heterocycles. The van der Waals surface area contributed by atoms with Gasteiger partial charge in [-0.2, -0.15) is 4.98 Å². The Morgan fingerprint density at radius 3 is 2.84 bits per heavy atom. The SMILES string of the molecule is CCN(C(=O)NCCc1ncno1)C(C)CC(=O)O. The summed E-state index contributed by atoms with van der Waals surface area (Å²) in [6, 6.07) is -0.651. The molecule has 8 nitrogen and oxygen atoms in total. The van der Waals surface area contributed by atoms with Crippen LogP contribution in [0.3, 0.4) is 0 Å². The Hall–Kier alpha value is -2.12. The summed E-state index contributed by atoms with van der Waals surface area (Å²) in [4.78, 5) is 27.8. The fraction of sp³-hybridized carbons (Fsp3) is 0.636. The second-order valence-electron chi connectivity index (χ2n) is 4.05. The number of hydrogen-bond donors (Lipinski definition) is 2. The van der Waals surface area contributed by atoms with Crippen LogP contribution < -0.4 is 5.32 Å². The van der Waals surface area contributed by atoms with Crippen LogP contribution in [0.4, 0.5) is 4.79 Å². The Morgan fingerprint density at radius 1 is 1.58 bits per heavy atom. The van der Waals surface area contributed by atoms with Gasteiger partial charge in [0, 0.05) is 25.6 Å². The van der Waals surface area contributed by atoms with E-state index < -0.39 is 5.97 Å². The Bertz CT molecular complexity index is 407. The van der Waals surface area contributed by atoms with Crippen molar-refractivity contribution in [3.05, 3.63) is 12.2 Å². The van der Waals surface area contributed by atoms with Gasteiger partial charge in [0.05, 0.1) is 6.42 Å². The molecular weight excluding hydrogens is 252 g/mol. The van der Waals surface area contributed by atoms with E-state index in [-0.39, 0.29) is 18.5 Å². The van der Waals surface area contributed by atoms with Gasteiger partial charge in [-0.1, -0.05) is 5.16 Å². The van der Waals surface area contributed by atoms with Crippen LogP contribution in [0.5, 0.6) is 0 Å². The Kier molecular flexibility index (Phi) is 5.77. The number of rotatable bonds is 7. The quantitative estimate of drug-likeness (QED) is 0.747. The van der Waals surface area contributed by atoms with Gasteiger partial charge in [0.25, 0.3) is 0 Å². The normalized spacial score (nSPS) is 11.9. The maximum absolute atomic E-state index is 11.9. The predicted molar refractivity (Wildman–Crippen MR) is 65.5 cm³/mol. The smallest absolute Gasteiger partial charge is 0.317 e. The van der Waals surface area contributed by atoms with E-state index >= 15 is 0 Å². The maximum atomic E-state index is 11.9. The van der Waals surface area contributed by atoms with Gasteiger partial charge in [-0.3, -0.25) is 4.79 Å². The van der Waals surface area contributed by atoms with Crippen LogP contribution in [0.1, 0.15) is 26.2 Å². The van der Waals surface area contributed by atoms with Gasteiger partial charge in [0.1, 0.15) is 0 Å². The second-order valence-corrected chi connectivity index (χ2v) is 4.05. The highest BCUT2D eigenvalue weighted by Gasteiger charge is 2.20. The van der Waals surface area contributed by atoms with Gasteiger partial charge >= 0.3 is 12.0 Å². The molecule has 0 radical (unpaired) electrons. The molecule has 2 N–H and O–H groups in total. The third kappa shape index (κ3) is 4.94. The first kappa shape index (κ1) is 14.9. The van der Waals surface area contributed by atoms with Crippen LogP contribution in [-0.2, 0) is 11.2 Å². The first-order valence-corrected chi connectivity index (χ1v) is 6.06. The minimum atomic E-state index is -0.926. The third-order valence-electron chi connectivity index (χ3n) is 2.63. The highest BCUT2D eigenvalue weighted by atomic mass is 16.5. The summed E-state index contributed by atoms with van der Waals surface area (Å²) < 4.78 is 4.80. The van der Waals surface area contributed by atoms with Gasteiger partial charge in [-0.05, 0) is 13.8 Å².